The quantitative estimate of drug-likeness (QED) is 0.798. The van der Waals surface area contributed by atoms with E-state index in [-0.39, 0.29) is 0 Å². The summed E-state index contributed by atoms with van der Waals surface area (Å²) < 4.78 is 12.5. The molecule has 2 rings (SSSR count). The van der Waals surface area contributed by atoms with Crippen molar-refractivity contribution in [2.75, 3.05) is 11.9 Å². The van der Waals surface area contributed by atoms with Crippen LogP contribution in [0, 0.1) is 5.82 Å². The molecule has 0 unspecified atom stereocenters. The summed E-state index contributed by atoms with van der Waals surface area (Å²) in [6, 6.07) is 3.96. The van der Waals surface area contributed by atoms with Crippen molar-refractivity contribution >= 4 is 5.95 Å². The van der Waals surface area contributed by atoms with Crippen LogP contribution in [0.2, 0.25) is 0 Å². The number of aromatic amines is 1. The molecule has 5 heteroatoms. The van der Waals surface area contributed by atoms with Crippen LogP contribution in [-0.2, 0) is 6.42 Å². The Labute approximate surface area is 86.6 Å². The highest BCUT2D eigenvalue weighted by Crippen LogP contribution is 1.99. The van der Waals surface area contributed by atoms with Gasteiger partial charge >= 0.3 is 0 Å². The van der Waals surface area contributed by atoms with Gasteiger partial charge in [-0.1, -0.05) is 0 Å². The zero-order valence-corrected chi connectivity index (χ0v) is 8.07. The van der Waals surface area contributed by atoms with Crippen LogP contribution in [0.4, 0.5) is 10.3 Å². The first-order valence-corrected chi connectivity index (χ1v) is 4.68. The van der Waals surface area contributed by atoms with E-state index in [2.05, 4.69) is 20.3 Å². The molecule has 2 heterocycles. The average Bonchev–Trinajstić information content (AvgIpc) is 2.74. The van der Waals surface area contributed by atoms with Crippen molar-refractivity contribution in [2.45, 2.75) is 6.42 Å². The molecule has 78 valence electrons. The summed E-state index contributed by atoms with van der Waals surface area (Å²) in [5.41, 5.74) is 1.14. The standard InChI is InChI=1S/C10H11FN4/c11-8-6-14-10(15-7-8)13-5-3-9-2-1-4-12-9/h1-2,4,6-7,12H,3,5H2,(H,13,14,15). The Hall–Kier alpha value is -1.91. The van der Waals surface area contributed by atoms with Crippen molar-refractivity contribution < 1.29 is 4.39 Å². The molecule has 4 nitrogen and oxygen atoms in total. The SMILES string of the molecule is Fc1cnc(NCCc2ccc[nH]2)nc1. The molecule has 0 aromatic carbocycles. The lowest BCUT2D eigenvalue weighted by Gasteiger charge is -2.02. The van der Waals surface area contributed by atoms with Crippen molar-refractivity contribution in [3.8, 4) is 0 Å². The topological polar surface area (TPSA) is 53.6 Å². The molecule has 0 fully saturated rings. The number of halogens is 1. The van der Waals surface area contributed by atoms with Crippen LogP contribution in [0.15, 0.2) is 30.7 Å². The van der Waals surface area contributed by atoms with Crippen molar-refractivity contribution in [2.24, 2.45) is 0 Å². The molecule has 2 aromatic heterocycles. The van der Waals surface area contributed by atoms with E-state index < -0.39 is 5.82 Å². The fraction of sp³-hybridized carbons (Fsp3) is 0.200. The van der Waals surface area contributed by atoms with Gasteiger partial charge in [0.05, 0.1) is 12.4 Å². The van der Waals surface area contributed by atoms with E-state index in [1.165, 1.54) is 0 Å². The van der Waals surface area contributed by atoms with Crippen LogP contribution in [0.5, 0.6) is 0 Å². The van der Waals surface area contributed by atoms with Crippen molar-refractivity contribution in [1.29, 1.82) is 0 Å². The molecule has 0 saturated heterocycles. The largest absolute Gasteiger partial charge is 0.365 e. The van der Waals surface area contributed by atoms with Crippen molar-refractivity contribution in [3.63, 3.8) is 0 Å². The Morgan fingerprint density at radius 1 is 1.33 bits per heavy atom. The minimum atomic E-state index is -0.426. The van der Waals surface area contributed by atoms with Crippen LogP contribution >= 0.6 is 0 Å². The van der Waals surface area contributed by atoms with Crippen LogP contribution < -0.4 is 5.32 Å². The van der Waals surface area contributed by atoms with E-state index in [1.54, 1.807) is 0 Å². The molecular weight excluding hydrogens is 195 g/mol. The number of hydrogen-bond acceptors (Lipinski definition) is 3. The molecule has 0 amide bonds. The van der Waals surface area contributed by atoms with E-state index in [9.17, 15) is 4.39 Å². The first-order valence-electron chi connectivity index (χ1n) is 4.68. The number of anilines is 1. The van der Waals surface area contributed by atoms with Crippen LogP contribution in [0.1, 0.15) is 5.69 Å². The molecule has 0 aliphatic carbocycles. The van der Waals surface area contributed by atoms with E-state index >= 15 is 0 Å². The first kappa shape index (κ1) is 9.64. The van der Waals surface area contributed by atoms with Gasteiger partial charge in [-0.3, -0.25) is 0 Å². The highest BCUT2D eigenvalue weighted by Gasteiger charge is 1.96. The molecule has 15 heavy (non-hydrogen) atoms. The fourth-order valence-corrected chi connectivity index (χ4v) is 1.24. The molecule has 2 aromatic rings. The third-order valence-corrected chi connectivity index (χ3v) is 1.96. The van der Waals surface area contributed by atoms with Crippen LogP contribution in [-0.4, -0.2) is 21.5 Å². The van der Waals surface area contributed by atoms with Crippen molar-refractivity contribution in [1.82, 2.24) is 15.0 Å². The number of hydrogen-bond donors (Lipinski definition) is 2. The highest BCUT2D eigenvalue weighted by molar-refractivity contribution is 5.22. The zero-order chi connectivity index (χ0) is 10.5. The summed E-state index contributed by atoms with van der Waals surface area (Å²) in [7, 11) is 0. The number of aromatic nitrogens is 3. The molecule has 0 spiro atoms. The monoisotopic (exact) mass is 206 g/mol. The third kappa shape index (κ3) is 2.77. The average molecular weight is 206 g/mol. The summed E-state index contributed by atoms with van der Waals surface area (Å²) >= 11 is 0. The first-order chi connectivity index (χ1) is 7.34. The van der Waals surface area contributed by atoms with E-state index in [4.69, 9.17) is 0 Å². The van der Waals surface area contributed by atoms with E-state index in [0.717, 1.165) is 24.5 Å². The molecule has 0 aliphatic heterocycles. The zero-order valence-electron chi connectivity index (χ0n) is 8.07. The number of rotatable bonds is 4. The Balaban J connectivity index is 1.81. The lowest BCUT2D eigenvalue weighted by molar-refractivity contribution is 0.614. The van der Waals surface area contributed by atoms with Gasteiger partial charge in [-0.05, 0) is 12.1 Å². The van der Waals surface area contributed by atoms with Crippen molar-refractivity contribution in [3.05, 3.63) is 42.2 Å². The van der Waals surface area contributed by atoms with Gasteiger partial charge in [0.15, 0.2) is 5.82 Å². The predicted molar refractivity (Wildman–Crippen MR) is 55.0 cm³/mol. The maximum atomic E-state index is 12.5. The van der Waals surface area contributed by atoms with Gasteiger partial charge in [0.1, 0.15) is 0 Å². The molecule has 0 bridgehead atoms. The van der Waals surface area contributed by atoms with E-state index in [1.807, 2.05) is 18.3 Å². The van der Waals surface area contributed by atoms with Gasteiger partial charge in [0.2, 0.25) is 5.95 Å². The molecular formula is C10H11FN4. The molecule has 0 saturated carbocycles. The van der Waals surface area contributed by atoms with Crippen LogP contribution in [0.3, 0.4) is 0 Å². The summed E-state index contributed by atoms with van der Waals surface area (Å²) in [5.74, 6) is 0.0212. The summed E-state index contributed by atoms with van der Waals surface area (Å²) in [6.45, 7) is 0.714. The lowest BCUT2D eigenvalue weighted by atomic mass is 10.3. The third-order valence-electron chi connectivity index (χ3n) is 1.96. The second-order valence-electron chi connectivity index (χ2n) is 3.10. The Kier molecular flexibility index (Phi) is 2.92. The van der Waals surface area contributed by atoms with Gasteiger partial charge in [0.25, 0.3) is 0 Å². The van der Waals surface area contributed by atoms with Gasteiger partial charge in [-0.15, -0.1) is 0 Å². The molecule has 0 radical (unpaired) electrons. The molecule has 0 atom stereocenters. The normalized spacial score (nSPS) is 10.2. The Bertz CT molecular complexity index is 396. The minimum absolute atomic E-state index is 0.426. The Morgan fingerprint density at radius 3 is 2.80 bits per heavy atom. The Morgan fingerprint density at radius 2 is 2.13 bits per heavy atom. The minimum Gasteiger partial charge on any atom is -0.365 e. The second kappa shape index (κ2) is 4.54. The van der Waals surface area contributed by atoms with Gasteiger partial charge in [0, 0.05) is 24.9 Å². The van der Waals surface area contributed by atoms with Crippen LogP contribution in [0.25, 0.3) is 0 Å². The van der Waals surface area contributed by atoms with E-state index in [0.29, 0.717) is 12.5 Å². The lowest BCUT2D eigenvalue weighted by Crippen LogP contribution is -2.07. The molecule has 0 aliphatic rings. The van der Waals surface area contributed by atoms with Gasteiger partial charge in [-0.2, -0.15) is 0 Å². The highest BCUT2D eigenvalue weighted by atomic mass is 19.1. The number of nitrogens with one attached hydrogen (secondary N) is 2. The second-order valence-corrected chi connectivity index (χ2v) is 3.10. The van der Waals surface area contributed by atoms with Gasteiger partial charge < -0.3 is 10.3 Å². The summed E-state index contributed by atoms with van der Waals surface area (Å²) in [5, 5.41) is 3.00. The summed E-state index contributed by atoms with van der Waals surface area (Å²) in [4.78, 5) is 10.7. The number of H-pyrrole nitrogens is 1. The smallest absolute Gasteiger partial charge is 0.222 e. The number of nitrogens with zero attached hydrogens (tertiary/aromatic N) is 2. The maximum Gasteiger partial charge on any atom is 0.222 e. The maximum absolute atomic E-state index is 12.5. The fourth-order valence-electron chi connectivity index (χ4n) is 1.24. The predicted octanol–water partition coefficient (Wildman–Crippen LogP) is 1.60. The van der Waals surface area contributed by atoms with Gasteiger partial charge in [-0.25, -0.2) is 14.4 Å². The summed E-state index contributed by atoms with van der Waals surface area (Å²) in [6.07, 6.45) is 5.02. The molecule has 2 N–H and O–H groups in total.